The minimum Gasteiger partial charge on any atom is -0.338 e. The summed E-state index contributed by atoms with van der Waals surface area (Å²) in [6.07, 6.45) is 1.09. The van der Waals surface area contributed by atoms with E-state index in [2.05, 4.69) is 23.7 Å². The average molecular weight is 447 g/mol. The topological polar surface area (TPSA) is 84.3 Å². The predicted molar refractivity (Wildman–Crippen MR) is 123 cm³/mol. The molecular weight excluding hydrogens is 412 g/mol. The molecule has 1 saturated heterocycles. The number of carbonyl (C=O) groups is 1. The number of amides is 1. The zero-order valence-corrected chi connectivity index (χ0v) is 20.4. The van der Waals surface area contributed by atoms with Crippen molar-refractivity contribution in [3.63, 3.8) is 0 Å². The quantitative estimate of drug-likeness (QED) is 0.764. The summed E-state index contributed by atoms with van der Waals surface area (Å²) >= 11 is 0. The Morgan fingerprint density at radius 2 is 1.68 bits per heavy atom. The van der Waals surface area contributed by atoms with Crippen LogP contribution < -0.4 is 4.72 Å². The van der Waals surface area contributed by atoms with E-state index in [4.69, 9.17) is 0 Å². The van der Waals surface area contributed by atoms with Crippen molar-refractivity contribution < 1.29 is 13.2 Å². The van der Waals surface area contributed by atoms with Crippen LogP contribution in [0.25, 0.3) is 0 Å². The van der Waals surface area contributed by atoms with Crippen LogP contribution in [0.1, 0.15) is 62.8 Å². The fourth-order valence-electron chi connectivity index (χ4n) is 4.62. The Morgan fingerprint density at radius 3 is 2.23 bits per heavy atom. The summed E-state index contributed by atoms with van der Waals surface area (Å²) in [7, 11) is -3.93. The summed E-state index contributed by atoms with van der Waals surface area (Å²) in [5.74, 6) is 0.700. The minimum absolute atomic E-state index is 0.143. The Hall–Kier alpha value is -2.35. The average Bonchev–Trinajstić information content (AvgIpc) is 2.96. The van der Waals surface area contributed by atoms with Gasteiger partial charge in [-0.15, -0.1) is 0 Å². The number of piperidine rings is 1. The van der Waals surface area contributed by atoms with E-state index in [-0.39, 0.29) is 16.3 Å². The summed E-state index contributed by atoms with van der Waals surface area (Å²) in [6.45, 7) is 15.0. The van der Waals surface area contributed by atoms with Gasteiger partial charge in [0.05, 0.1) is 28.2 Å². The maximum absolute atomic E-state index is 13.3. The molecule has 0 bridgehead atoms. The molecule has 3 rings (SSSR count). The van der Waals surface area contributed by atoms with Crippen LogP contribution in [0.5, 0.6) is 0 Å². The van der Waals surface area contributed by atoms with Crippen LogP contribution in [0, 0.1) is 25.7 Å². The number of likely N-dealkylation sites (tertiary alicyclic amines) is 1. The van der Waals surface area contributed by atoms with E-state index in [1.54, 1.807) is 42.8 Å². The number of hydrogen-bond acceptors (Lipinski definition) is 4. The number of aromatic nitrogens is 2. The molecule has 0 radical (unpaired) electrons. The Bertz CT molecular complexity index is 1070. The van der Waals surface area contributed by atoms with E-state index < -0.39 is 10.0 Å². The predicted octanol–water partition coefficient (Wildman–Crippen LogP) is 4.17. The van der Waals surface area contributed by atoms with Crippen LogP contribution in [0.2, 0.25) is 0 Å². The molecule has 0 spiro atoms. The van der Waals surface area contributed by atoms with Gasteiger partial charge in [0, 0.05) is 13.1 Å². The van der Waals surface area contributed by atoms with E-state index in [0.29, 0.717) is 47.6 Å². The fourth-order valence-corrected chi connectivity index (χ4v) is 6.10. The SMILES string of the molecule is Cc1nn(C(C)(C)C)c(C)c1S(=O)(=O)Nc1ccccc1C(=O)N1CC(C)CC(C)C1. The molecule has 2 heterocycles. The van der Waals surface area contributed by atoms with Gasteiger partial charge in [0.25, 0.3) is 15.9 Å². The highest BCUT2D eigenvalue weighted by Gasteiger charge is 2.31. The first-order chi connectivity index (χ1) is 14.3. The van der Waals surface area contributed by atoms with Crippen LogP contribution in [0.4, 0.5) is 5.69 Å². The third-order valence-electron chi connectivity index (χ3n) is 5.69. The molecule has 0 aliphatic carbocycles. The Kier molecular flexibility index (Phi) is 6.24. The summed E-state index contributed by atoms with van der Waals surface area (Å²) in [5.41, 5.74) is 1.31. The molecule has 1 amide bonds. The van der Waals surface area contributed by atoms with Gasteiger partial charge in [0.15, 0.2) is 0 Å². The lowest BCUT2D eigenvalue weighted by Crippen LogP contribution is -2.42. The molecule has 1 aliphatic heterocycles. The Morgan fingerprint density at radius 1 is 1.10 bits per heavy atom. The molecule has 1 aromatic heterocycles. The zero-order valence-electron chi connectivity index (χ0n) is 19.6. The maximum Gasteiger partial charge on any atom is 0.265 e. The van der Waals surface area contributed by atoms with E-state index in [9.17, 15) is 13.2 Å². The van der Waals surface area contributed by atoms with Gasteiger partial charge < -0.3 is 4.90 Å². The number of benzene rings is 1. The molecule has 2 aromatic rings. The molecule has 1 aromatic carbocycles. The standard InChI is InChI=1S/C23H34N4O3S/c1-15-12-16(2)14-26(13-15)22(28)19-10-8-9-11-20(19)25-31(29,30)21-17(3)24-27(18(21)4)23(5,6)7/h8-11,15-16,25H,12-14H2,1-7H3. The molecule has 7 nitrogen and oxygen atoms in total. The highest BCUT2D eigenvalue weighted by atomic mass is 32.2. The number of anilines is 1. The molecule has 31 heavy (non-hydrogen) atoms. The van der Waals surface area contributed by atoms with E-state index in [1.807, 2.05) is 25.7 Å². The van der Waals surface area contributed by atoms with Crippen molar-refractivity contribution in [2.45, 2.75) is 65.3 Å². The van der Waals surface area contributed by atoms with E-state index in [0.717, 1.165) is 6.42 Å². The first-order valence-electron chi connectivity index (χ1n) is 10.8. The second kappa shape index (κ2) is 8.30. The largest absolute Gasteiger partial charge is 0.338 e. The molecule has 1 fully saturated rings. The molecule has 1 N–H and O–H groups in total. The third kappa shape index (κ3) is 4.79. The van der Waals surface area contributed by atoms with Gasteiger partial charge in [0.2, 0.25) is 0 Å². The number of sulfonamides is 1. The number of hydrogen-bond donors (Lipinski definition) is 1. The van der Waals surface area contributed by atoms with Gasteiger partial charge in [-0.3, -0.25) is 14.2 Å². The summed E-state index contributed by atoms with van der Waals surface area (Å²) in [5, 5.41) is 4.46. The van der Waals surface area contributed by atoms with Gasteiger partial charge in [-0.25, -0.2) is 8.42 Å². The van der Waals surface area contributed by atoms with Gasteiger partial charge in [0.1, 0.15) is 4.90 Å². The lowest BCUT2D eigenvalue weighted by molar-refractivity contribution is 0.0624. The number of para-hydroxylation sites is 1. The third-order valence-corrected chi connectivity index (χ3v) is 7.30. The molecule has 2 atom stereocenters. The van der Waals surface area contributed by atoms with Crippen molar-refractivity contribution >= 4 is 21.6 Å². The molecule has 2 unspecified atom stereocenters. The van der Waals surface area contributed by atoms with Crippen molar-refractivity contribution in [2.24, 2.45) is 11.8 Å². The summed E-state index contributed by atoms with van der Waals surface area (Å²) in [4.78, 5) is 15.3. The lowest BCUT2D eigenvalue weighted by atomic mass is 9.91. The van der Waals surface area contributed by atoms with Gasteiger partial charge in [-0.05, 0) is 65.0 Å². The molecular formula is C23H34N4O3S. The Labute approximate surface area is 185 Å². The number of nitrogens with zero attached hydrogens (tertiary/aromatic N) is 3. The fraction of sp³-hybridized carbons (Fsp3) is 0.565. The Balaban J connectivity index is 1.96. The minimum atomic E-state index is -3.93. The number of carbonyl (C=O) groups excluding carboxylic acids is 1. The molecule has 170 valence electrons. The number of rotatable bonds is 4. The van der Waals surface area contributed by atoms with Crippen molar-refractivity contribution in [3.8, 4) is 0 Å². The van der Waals surface area contributed by atoms with Gasteiger partial charge >= 0.3 is 0 Å². The maximum atomic E-state index is 13.3. The first-order valence-corrected chi connectivity index (χ1v) is 12.3. The first kappa shape index (κ1) is 23.3. The number of nitrogens with one attached hydrogen (secondary N) is 1. The van der Waals surface area contributed by atoms with Crippen molar-refractivity contribution in [3.05, 3.63) is 41.2 Å². The molecule has 0 saturated carbocycles. The number of aryl methyl sites for hydroxylation is 1. The van der Waals surface area contributed by atoms with Crippen LogP contribution in [0.15, 0.2) is 29.2 Å². The summed E-state index contributed by atoms with van der Waals surface area (Å²) in [6, 6.07) is 6.81. The van der Waals surface area contributed by atoms with Crippen molar-refractivity contribution in [2.75, 3.05) is 17.8 Å². The highest BCUT2D eigenvalue weighted by molar-refractivity contribution is 7.92. The lowest BCUT2D eigenvalue weighted by Gasteiger charge is -2.35. The highest BCUT2D eigenvalue weighted by Crippen LogP contribution is 2.29. The van der Waals surface area contributed by atoms with Gasteiger partial charge in [-0.2, -0.15) is 5.10 Å². The monoisotopic (exact) mass is 446 g/mol. The molecule has 1 aliphatic rings. The second-order valence-corrected chi connectivity index (χ2v) is 11.5. The van der Waals surface area contributed by atoms with Crippen LogP contribution >= 0.6 is 0 Å². The van der Waals surface area contributed by atoms with Crippen molar-refractivity contribution in [1.29, 1.82) is 0 Å². The van der Waals surface area contributed by atoms with Gasteiger partial charge in [-0.1, -0.05) is 26.0 Å². The van der Waals surface area contributed by atoms with Crippen molar-refractivity contribution in [1.82, 2.24) is 14.7 Å². The van der Waals surface area contributed by atoms with Crippen LogP contribution in [-0.2, 0) is 15.6 Å². The smallest absolute Gasteiger partial charge is 0.265 e. The van der Waals surface area contributed by atoms with Crippen LogP contribution in [0.3, 0.4) is 0 Å². The van der Waals surface area contributed by atoms with E-state index in [1.165, 1.54) is 0 Å². The normalized spacial score (nSPS) is 20.0. The molecule has 8 heteroatoms. The van der Waals surface area contributed by atoms with E-state index >= 15 is 0 Å². The summed E-state index contributed by atoms with van der Waals surface area (Å²) < 4.78 is 31.1. The zero-order chi connectivity index (χ0) is 23.1. The second-order valence-electron chi connectivity index (χ2n) is 9.89. The van der Waals surface area contributed by atoms with Crippen LogP contribution in [-0.4, -0.2) is 42.1 Å².